The van der Waals surface area contributed by atoms with Gasteiger partial charge in [0.1, 0.15) is 0 Å². The van der Waals surface area contributed by atoms with Crippen LogP contribution >= 0.6 is 0 Å². The van der Waals surface area contributed by atoms with Crippen molar-refractivity contribution in [3.63, 3.8) is 0 Å². The second-order valence-electron chi connectivity index (χ2n) is 2.46. The van der Waals surface area contributed by atoms with E-state index in [1.54, 1.807) is 0 Å². The summed E-state index contributed by atoms with van der Waals surface area (Å²) >= 11 is 0. The van der Waals surface area contributed by atoms with Gasteiger partial charge in [0.05, 0.1) is 12.0 Å². The summed E-state index contributed by atoms with van der Waals surface area (Å²) < 4.78 is 0. The van der Waals surface area contributed by atoms with E-state index in [4.69, 9.17) is 20.4 Å². The molecule has 0 bridgehead atoms. The van der Waals surface area contributed by atoms with Crippen molar-refractivity contribution in [1.82, 2.24) is 0 Å². The molecule has 0 fully saturated rings. The van der Waals surface area contributed by atoms with Crippen molar-refractivity contribution >= 4 is 23.9 Å². The largest absolute Gasteiger partial charge is 0.481 e. The van der Waals surface area contributed by atoms with E-state index in [2.05, 4.69) is 0 Å². The van der Waals surface area contributed by atoms with Crippen molar-refractivity contribution in [2.45, 2.75) is 6.42 Å². The minimum Gasteiger partial charge on any atom is -0.481 e. The first-order chi connectivity index (χ1) is 7.25. The zero-order valence-electron chi connectivity index (χ0n) is 7.63. The highest BCUT2D eigenvalue weighted by Gasteiger charge is 2.19. The van der Waals surface area contributed by atoms with E-state index in [-0.39, 0.29) is 0 Å². The minimum atomic E-state index is -1.91. The van der Waals surface area contributed by atoms with Gasteiger partial charge in [-0.1, -0.05) is 5.73 Å². The minimum absolute atomic E-state index is 0.952. The molecule has 0 unspecified atom stereocenters. The Morgan fingerprint density at radius 3 is 1.50 bits per heavy atom. The van der Waals surface area contributed by atoms with Gasteiger partial charge >= 0.3 is 23.9 Å². The van der Waals surface area contributed by atoms with Gasteiger partial charge in [0.15, 0.2) is 5.57 Å². The molecule has 16 heavy (non-hydrogen) atoms. The van der Waals surface area contributed by atoms with Crippen LogP contribution in [0.25, 0.3) is 0 Å². The Balaban J connectivity index is 5.68. The molecule has 0 aliphatic rings. The predicted octanol–water partition coefficient (Wildman–Crippen LogP) is -0.833. The Kier molecular flexibility index (Phi) is 4.46. The Morgan fingerprint density at radius 2 is 1.25 bits per heavy atom. The number of carboxylic acid groups (broad SMARTS) is 4. The van der Waals surface area contributed by atoms with Crippen LogP contribution in [-0.2, 0) is 19.2 Å². The summed E-state index contributed by atoms with van der Waals surface area (Å²) in [4.78, 5) is 41.4. The molecule has 8 heteroatoms. The summed E-state index contributed by atoms with van der Waals surface area (Å²) in [6.45, 7) is 0. The third-order valence-electron chi connectivity index (χ3n) is 1.29. The third kappa shape index (κ3) is 4.07. The molecule has 0 aliphatic carbocycles. The second kappa shape index (κ2) is 5.32. The van der Waals surface area contributed by atoms with Gasteiger partial charge in [-0.05, 0) is 0 Å². The molecule has 0 spiro atoms. The Labute approximate surface area is 87.7 Å². The number of hydrogen-bond donors (Lipinski definition) is 4. The van der Waals surface area contributed by atoms with Crippen molar-refractivity contribution < 1.29 is 39.6 Å². The topological polar surface area (TPSA) is 149 Å². The quantitative estimate of drug-likeness (QED) is 0.207. The van der Waals surface area contributed by atoms with Gasteiger partial charge in [0.2, 0.25) is 0 Å². The smallest absolute Gasteiger partial charge is 0.351 e. The van der Waals surface area contributed by atoms with Crippen molar-refractivity contribution in [2.75, 3.05) is 0 Å². The van der Waals surface area contributed by atoms with Crippen LogP contribution in [0.2, 0.25) is 0 Å². The normalized spacial score (nSPS) is 8.75. The van der Waals surface area contributed by atoms with Crippen LogP contribution in [0, 0.1) is 0 Å². The third-order valence-corrected chi connectivity index (χ3v) is 1.29. The fourth-order valence-corrected chi connectivity index (χ4v) is 0.674. The summed E-state index contributed by atoms with van der Waals surface area (Å²) in [6, 6.07) is 0. The van der Waals surface area contributed by atoms with E-state index in [1.807, 2.05) is 0 Å². The molecule has 0 radical (unpaired) electrons. The van der Waals surface area contributed by atoms with E-state index in [9.17, 15) is 19.2 Å². The number of rotatable bonds is 5. The van der Waals surface area contributed by atoms with Gasteiger partial charge in [0.25, 0.3) is 0 Å². The lowest BCUT2D eigenvalue weighted by Crippen LogP contribution is -2.12. The zero-order valence-corrected chi connectivity index (χ0v) is 7.63. The second-order valence-corrected chi connectivity index (χ2v) is 2.46. The molecule has 0 rings (SSSR count). The lowest BCUT2D eigenvalue weighted by molar-refractivity contribution is -0.141. The van der Waals surface area contributed by atoms with Gasteiger partial charge in [-0.2, -0.15) is 0 Å². The van der Waals surface area contributed by atoms with Gasteiger partial charge in [0, 0.05) is 0 Å². The van der Waals surface area contributed by atoms with Crippen LogP contribution in [-0.4, -0.2) is 44.3 Å². The lowest BCUT2D eigenvalue weighted by atomic mass is 10.1. The average molecular weight is 230 g/mol. The van der Waals surface area contributed by atoms with E-state index in [1.165, 1.54) is 5.73 Å². The first kappa shape index (κ1) is 13.4. The highest BCUT2D eigenvalue weighted by molar-refractivity contribution is 6.12. The maximum atomic E-state index is 10.5. The summed E-state index contributed by atoms with van der Waals surface area (Å²) in [5, 5.41) is 33.5. The first-order valence-corrected chi connectivity index (χ1v) is 3.67. The molecule has 0 saturated carbocycles. The molecular formula is C8H6O8. The van der Waals surface area contributed by atoms with Gasteiger partial charge in [-0.3, -0.25) is 4.79 Å². The standard InChI is InChI=1S/C8H6O8/c9-5(10)2-3(6(11)12)1-4(7(13)14)8(15)16/h2H2,(H,9,10)(H,11,12)(H,13,14)(H,15,16). The Hall–Kier alpha value is -2.60. The van der Waals surface area contributed by atoms with Crippen LogP contribution in [0.3, 0.4) is 0 Å². The van der Waals surface area contributed by atoms with Gasteiger partial charge < -0.3 is 20.4 Å². The first-order valence-electron chi connectivity index (χ1n) is 3.67. The maximum Gasteiger partial charge on any atom is 0.351 e. The molecule has 0 aromatic heterocycles. The zero-order chi connectivity index (χ0) is 12.9. The van der Waals surface area contributed by atoms with Crippen molar-refractivity contribution in [2.24, 2.45) is 0 Å². The summed E-state index contributed by atoms with van der Waals surface area (Å²) in [5.41, 5.74) is -0.749. The molecular weight excluding hydrogens is 224 g/mol. The summed E-state index contributed by atoms with van der Waals surface area (Å²) in [7, 11) is 0. The summed E-state index contributed by atoms with van der Waals surface area (Å²) in [5.74, 6) is -7.10. The van der Waals surface area contributed by atoms with Crippen LogP contribution in [0.5, 0.6) is 0 Å². The predicted molar refractivity (Wildman–Crippen MR) is 45.7 cm³/mol. The molecule has 0 heterocycles. The van der Waals surface area contributed by atoms with Crippen molar-refractivity contribution in [1.29, 1.82) is 0 Å². The number of hydrogen-bond acceptors (Lipinski definition) is 4. The summed E-state index contributed by atoms with van der Waals surface area (Å²) in [6.07, 6.45) is -1.03. The van der Waals surface area contributed by atoms with Crippen LogP contribution in [0.4, 0.5) is 0 Å². The van der Waals surface area contributed by atoms with Crippen LogP contribution < -0.4 is 0 Å². The number of carbonyl (C=O) groups is 4. The van der Waals surface area contributed by atoms with E-state index in [0.29, 0.717) is 0 Å². The van der Waals surface area contributed by atoms with Crippen molar-refractivity contribution in [3.05, 3.63) is 16.9 Å². The van der Waals surface area contributed by atoms with E-state index < -0.39 is 41.4 Å². The maximum absolute atomic E-state index is 10.5. The van der Waals surface area contributed by atoms with E-state index >= 15 is 0 Å². The highest BCUT2D eigenvalue weighted by atomic mass is 16.4. The van der Waals surface area contributed by atoms with Gasteiger partial charge in [-0.15, -0.1) is 0 Å². The number of aliphatic carboxylic acids is 4. The SMILES string of the molecule is O=C(O)CC(=C=C(C(=O)O)C(=O)O)C(=O)O. The molecule has 0 amide bonds. The molecule has 0 aromatic rings. The fraction of sp³-hybridized carbons (Fsp3) is 0.125. The molecule has 0 aromatic carbocycles. The Morgan fingerprint density at radius 1 is 0.812 bits per heavy atom. The lowest BCUT2D eigenvalue weighted by Gasteiger charge is -1.95. The molecule has 0 atom stereocenters. The monoisotopic (exact) mass is 230 g/mol. The molecule has 4 N–H and O–H groups in total. The fourth-order valence-electron chi connectivity index (χ4n) is 0.674. The highest BCUT2D eigenvalue weighted by Crippen LogP contribution is 2.03. The molecule has 8 nitrogen and oxygen atoms in total. The molecule has 86 valence electrons. The van der Waals surface area contributed by atoms with Gasteiger partial charge in [-0.25, -0.2) is 14.4 Å². The average Bonchev–Trinajstić information content (AvgIpc) is 2.09. The van der Waals surface area contributed by atoms with Crippen molar-refractivity contribution in [3.8, 4) is 0 Å². The number of carboxylic acids is 4. The van der Waals surface area contributed by atoms with E-state index in [0.717, 1.165) is 0 Å². The molecule has 0 aliphatic heterocycles. The Bertz CT molecular complexity index is 407. The molecule has 0 saturated heterocycles. The van der Waals surface area contributed by atoms with Crippen LogP contribution in [0.15, 0.2) is 16.9 Å². The van der Waals surface area contributed by atoms with Crippen LogP contribution in [0.1, 0.15) is 6.42 Å².